The second-order valence-electron chi connectivity index (χ2n) is 2.72. The van der Waals surface area contributed by atoms with Crippen molar-refractivity contribution < 1.29 is 0 Å². The van der Waals surface area contributed by atoms with Crippen LogP contribution in [0.15, 0.2) is 30.3 Å². The molecule has 1 heteroatoms. The molecule has 1 rings (SSSR count). The molecule has 68 valence electrons. The summed E-state index contributed by atoms with van der Waals surface area (Å²) in [4.78, 5) is 0.583. The Kier molecular flexibility index (Phi) is 4.68. The molecular formula is C12H14Se. The Hall–Kier alpha value is -0.701. The summed E-state index contributed by atoms with van der Waals surface area (Å²) in [6.07, 6.45) is 1.16. The normalized spacial score (nSPS) is 11.5. The van der Waals surface area contributed by atoms with Gasteiger partial charge in [-0.15, -0.1) is 0 Å². The zero-order valence-electron chi connectivity index (χ0n) is 8.08. The van der Waals surface area contributed by atoms with E-state index in [-0.39, 0.29) is 0 Å². The van der Waals surface area contributed by atoms with Gasteiger partial charge < -0.3 is 0 Å². The minimum absolute atomic E-state index is 0.513. The average Bonchev–Trinajstić information content (AvgIpc) is 2.19. The van der Waals surface area contributed by atoms with Gasteiger partial charge >= 0.3 is 86.7 Å². The Morgan fingerprint density at radius 2 is 2.00 bits per heavy atom. The quantitative estimate of drug-likeness (QED) is 0.558. The van der Waals surface area contributed by atoms with Crippen LogP contribution in [0.25, 0.3) is 0 Å². The molecule has 0 bridgehead atoms. The number of benzene rings is 1. The van der Waals surface area contributed by atoms with Crippen LogP contribution in [0.1, 0.15) is 20.3 Å². The fourth-order valence-electron chi connectivity index (χ4n) is 1.04. The van der Waals surface area contributed by atoms with E-state index in [1.165, 1.54) is 4.46 Å². The van der Waals surface area contributed by atoms with E-state index in [4.69, 9.17) is 0 Å². The predicted molar refractivity (Wildman–Crippen MR) is 59.3 cm³/mol. The van der Waals surface area contributed by atoms with E-state index in [9.17, 15) is 0 Å². The maximum absolute atomic E-state index is 3.26. The molecule has 0 aliphatic rings. The van der Waals surface area contributed by atoms with Crippen LogP contribution in [0.3, 0.4) is 0 Å². The Morgan fingerprint density at radius 1 is 1.31 bits per heavy atom. The summed E-state index contributed by atoms with van der Waals surface area (Å²) in [6, 6.07) is 10.7. The summed E-state index contributed by atoms with van der Waals surface area (Å²) in [7, 11) is 0. The molecule has 0 fully saturated rings. The second-order valence-corrected chi connectivity index (χ2v) is 5.40. The average molecular weight is 237 g/mol. The number of hydrogen-bond acceptors (Lipinski definition) is 0. The molecule has 0 amide bonds. The molecule has 0 N–H and O–H groups in total. The van der Waals surface area contributed by atoms with Crippen molar-refractivity contribution in [1.82, 2.24) is 0 Å². The zero-order chi connectivity index (χ0) is 9.52. The Bertz CT molecular complexity index is 292. The zero-order valence-corrected chi connectivity index (χ0v) is 9.79. The Morgan fingerprint density at radius 3 is 2.54 bits per heavy atom. The molecule has 0 radical (unpaired) electrons. The van der Waals surface area contributed by atoms with Crippen LogP contribution in [0.2, 0.25) is 4.82 Å². The van der Waals surface area contributed by atoms with Crippen LogP contribution in [0.5, 0.6) is 0 Å². The van der Waals surface area contributed by atoms with Crippen LogP contribution in [-0.4, -0.2) is 15.0 Å². The molecule has 1 aromatic rings. The molecule has 0 aromatic heterocycles. The summed E-state index contributed by atoms with van der Waals surface area (Å²) in [5.74, 6) is 6.26. The summed E-state index contributed by atoms with van der Waals surface area (Å²) in [5.41, 5.74) is 0. The SMILES string of the molecule is CC#CC(CC)[Se]c1ccccc1. The van der Waals surface area contributed by atoms with E-state index in [1.807, 2.05) is 6.92 Å². The first-order valence-electron chi connectivity index (χ1n) is 4.50. The van der Waals surface area contributed by atoms with Gasteiger partial charge in [-0.1, -0.05) is 0 Å². The monoisotopic (exact) mass is 238 g/mol. The van der Waals surface area contributed by atoms with Crippen LogP contribution in [-0.2, 0) is 0 Å². The van der Waals surface area contributed by atoms with Gasteiger partial charge in [0.05, 0.1) is 0 Å². The van der Waals surface area contributed by atoms with Gasteiger partial charge in [0.25, 0.3) is 0 Å². The summed E-state index contributed by atoms with van der Waals surface area (Å²) in [5, 5.41) is 0. The molecule has 0 aliphatic heterocycles. The van der Waals surface area contributed by atoms with Crippen molar-refractivity contribution in [3.05, 3.63) is 30.3 Å². The molecule has 0 aliphatic carbocycles. The van der Waals surface area contributed by atoms with Gasteiger partial charge in [0.1, 0.15) is 0 Å². The molecule has 0 saturated heterocycles. The Labute approximate surface area is 86.9 Å². The molecule has 0 saturated carbocycles. The molecule has 0 nitrogen and oxygen atoms in total. The molecule has 1 unspecified atom stereocenters. The first-order valence-corrected chi connectivity index (χ1v) is 6.35. The molecular weight excluding hydrogens is 223 g/mol. The Balaban J connectivity index is 2.60. The van der Waals surface area contributed by atoms with E-state index in [2.05, 4.69) is 49.1 Å². The third kappa shape index (κ3) is 3.68. The van der Waals surface area contributed by atoms with Gasteiger partial charge in [0.15, 0.2) is 0 Å². The van der Waals surface area contributed by atoms with Gasteiger partial charge in [-0.2, -0.15) is 0 Å². The molecule has 0 spiro atoms. The van der Waals surface area contributed by atoms with E-state index < -0.39 is 0 Å². The van der Waals surface area contributed by atoms with Crippen molar-refractivity contribution in [3.8, 4) is 11.8 Å². The van der Waals surface area contributed by atoms with E-state index in [0.29, 0.717) is 19.8 Å². The maximum atomic E-state index is 3.26. The van der Waals surface area contributed by atoms with Crippen LogP contribution in [0.4, 0.5) is 0 Å². The van der Waals surface area contributed by atoms with Crippen molar-refractivity contribution in [3.63, 3.8) is 0 Å². The van der Waals surface area contributed by atoms with Gasteiger partial charge in [-0.3, -0.25) is 0 Å². The van der Waals surface area contributed by atoms with Crippen LogP contribution < -0.4 is 4.46 Å². The summed E-state index contributed by atoms with van der Waals surface area (Å²) in [6.45, 7) is 4.13. The number of hydrogen-bond donors (Lipinski definition) is 0. The summed E-state index contributed by atoms with van der Waals surface area (Å²) >= 11 is 0.513. The second kappa shape index (κ2) is 5.86. The first kappa shape index (κ1) is 10.4. The van der Waals surface area contributed by atoms with Gasteiger partial charge in [-0.05, 0) is 0 Å². The molecule has 13 heavy (non-hydrogen) atoms. The number of rotatable bonds is 3. The molecule has 1 aromatic carbocycles. The van der Waals surface area contributed by atoms with Crippen molar-refractivity contribution >= 4 is 19.4 Å². The van der Waals surface area contributed by atoms with Crippen molar-refractivity contribution in [2.75, 3.05) is 0 Å². The fourth-order valence-corrected chi connectivity index (χ4v) is 3.11. The summed E-state index contributed by atoms with van der Waals surface area (Å²) < 4.78 is 1.45. The van der Waals surface area contributed by atoms with Crippen molar-refractivity contribution in [1.29, 1.82) is 0 Å². The fraction of sp³-hybridized carbons (Fsp3) is 0.333. The van der Waals surface area contributed by atoms with Crippen molar-refractivity contribution in [2.45, 2.75) is 25.1 Å². The van der Waals surface area contributed by atoms with Gasteiger partial charge in [-0.25, -0.2) is 0 Å². The topological polar surface area (TPSA) is 0 Å². The predicted octanol–water partition coefficient (Wildman–Crippen LogP) is 2.24. The van der Waals surface area contributed by atoms with E-state index in [0.717, 1.165) is 6.42 Å². The minimum atomic E-state index is 0.513. The first-order chi connectivity index (χ1) is 6.36. The van der Waals surface area contributed by atoms with Gasteiger partial charge in [0, 0.05) is 0 Å². The van der Waals surface area contributed by atoms with E-state index >= 15 is 0 Å². The standard InChI is InChI=1S/C12H14Se/c1-3-8-11(4-2)13-12-9-6-5-7-10-12/h5-7,9-11H,4H2,1-2H3. The van der Waals surface area contributed by atoms with Gasteiger partial charge in [0.2, 0.25) is 0 Å². The van der Waals surface area contributed by atoms with Crippen LogP contribution >= 0.6 is 0 Å². The van der Waals surface area contributed by atoms with Crippen molar-refractivity contribution in [2.24, 2.45) is 0 Å². The van der Waals surface area contributed by atoms with E-state index in [1.54, 1.807) is 0 Å². The third-order valence-electron chi connectivity index (χ3n) is 1.70. The molecule has 1 atom stereocenters. The van der Waals surface area contributed by atoms with Crippen LogP contribution in [0, 0.1) is 11.8 Å². The molecule has 0 heterocycles. The third-order valence-corrected chi connectivity index (χ3v) is 4.38.